The van der Waals surface area contributed by atoms with E-state index in [4.69, 9.17) is 21.7 Å². The zero-order chi connectivity index (χ0) is 18.6. The second kappa shape index (κ2) is 9.13. The highest BCUT2D eigenvalue weighted by Crippen LogP contribution is 2.23. The predicted octanol–water partition coefficient (Wildman–Crippen LogP) is 5.28. The van der Waals surface area contributed by atoms with Crippen LogP contribution in [0.25, 0.3) is 11.0 Å². The summed E-state index contributed by atoms with van der Waals surface area (Å²) >= 11 is 6.15. The minimum Gasteiger partial charge on any atom is -0.490 e. The molecule has 3 aromatic carbocycles. The molecule has 0 radical (unpaired) electrons. The quantitative estimate of drug-likeness (QED) is 0.420. The first-order valence-corrected chi connectivity index (χ1v) is 9.26. The Hall–Kier alpha value is -2.50. The third-order valence-electron chi connectivity index (χ3n) is 4.57. The van der Waals surface area contributed by atoms with Crippen molar-refractivity contribution in [2.45, 2.75) is 13.1 Å². The van der Waals surface area contributed by atoms with Crippen LogP contribution in [0, 0.1) is 5.41 Å². The van der Waals surface area contributed by atoms with Crippen LogP contribution in [0.3, 0.4) is 0 Å². The SMILES string of the molecule is Br.N=c1n(CCOc2ccccc2Cl)c2ccccc2n1Cc1ccccc1. The van der Waals surface area contributed by atoms with Crippen molar-refractivity contribution in [2.75, 3.05) is 6.61 Å². The number of imidazole rings is 1. The number of rotatable bonds is 6. The van der Waals surface area contributed by atoms with E-state index in [0.717, 1.165) is 11.0 Å². The van der Waals surface area contributed by atoms with E-state index >= 15 is 0 Å². The molecule has 0 spiro atoms. The number of benzene rings is 3. The Kier molecular flexibility index (Phi) is 6.60. The number of aromatic nitrogens is 2. The molecule has 0 fully saturated rings. The summed E-state index contributed by atoms with van der Waals surface area (Å²) in [5, 5.41) is 9.29. The number of para-hydroxylation sites is 3. The molecular weight excluding hydrogens is 438 g/mol. The maximum Gasteiger partial charge on any atom is 0.203 e. The number of halogens is 2. The largest absolute Gasteiger partial charge is 0.490 e. The van der Waals surface area contributed by atoms with Crippen LogP contribution >= 0.6 is 28.6 Å². The molecule has 6 heteroatoms. The lowest BCUT2D eigenvalue weighted by atomic mass is 10.2. The molecule has 0 atom stereocenters. The van der Waals surface area contributed by atoms with Gasteiger partial charge in [-0.25, -0.2) is 0 Å². The molecule has 28 heavy (non-hydrogen) atoms. The average Bonchev–Trinajstić information content (AvgIpc) is 2.96. The van der Waals surface area contributed by atoms with Gasteiger partial charge in [-0.3, -0.25) is 5.41 Å². The van der Waals surface area contributed by atoms with E-state index < -0.39 is 0 Å². The molecule has 0 unspecified atom stereocenters. The Balaban J connectivity index is 0.00000225. The molecule has 144 valence electrons. The van der Waals surface area contributed by atoms with Crippen molar-refractivity contribution in [3.05, 3.63) is 95.1 Å². The molecule has 0 aliphatic heterocycles. The normalized spacial score (nSPS) is 10.6. The van der Waals surface area contributed by atoms with Crippen LogP contribution in [-0.2, 0) is 13.1 Å². The second-order valence-corrected chi connectivity index (χ2v) is 6.72. The van der Waals surface area contributed by atoms with Gasteiger partial charge in [-0.15, -0.1) is 17.0 Å². The lowest BCUT2D eigenvalue weighted by Crippen LogP contribution is -2.27. The zero-order valence-corrected chi connectivity index (χ0v) is 17.7. The topological polar surface area (TPSA) is 42.9 Å². The Morgan fingerprint density at radius 2 is 1.39 bits per heavy atom. The summed E-state index contributed by atoms with van der Waals surface area (Å²) in [7, 11) is 0. The molecule has 1 heterocycles. The predicted molar refractivity (Wildman–Crippen MR) is 119 cm³/mol. The summed E-state index contributed by atoms with van der Waals surface area (Å²) < 4.78 is 9.84. The third-order valence-corrected chi connectivity index (χ3v) is 4.88. The fourth-order valence-electron chi connectivity index (χ4n) is 3.26. The number of nitrogens with one attached hydrogen (secondary N) is 1. The minimum absolute atomic E-state index is 0. The maximum absolute atomic E-state index is 8.69. The summed E-state index contributed by atoms with van der Waals surface area (Å²) in [4.78, 5) is 0. The van der Waals surface area contributed by atoms with Gasteiger partial charge in [0, 0.05) is 0 Å². The number of fused-ring (bicyclic) bond motifs is 1. The van der Waals surface area contributed by atoms with Crippen molar-refractivity contribution in [1.29, 1.82) is 5.41 Å². The molecule has 0 aliphatic carbocycles. The summed E-state index contributed by atoms with van der Waals surface area (Å²) in [6.45, 7) is 1.69. The van der Waals surface area contributed by atoms with Crippen molar-refractivity contribution >= 4 is 39.6 Å². The number of ether oxygens (including phenoxy) is 1. The molecule has 4 rings (SSSR count). The van der Waals surface area contributed by atoms with Gasteiger partial charge >= 0.3 is 0 Å². The zero-order valence-electron chi connectivity index (χ0n) is 15.2. The summed E-state index contributed by atoms with van der Waals surface area (Å²) in [6.07, 6.45) is 0. The van der Waals surface area contributed by atoms with Crippen LogP contribution in [0.5, 0.6) is 5.75 Å². The molecule has 0 saturated carbocycles. The molecule has 1 aromatic heterocycles. The van der Waals surface area contributed by atoms with Crippen LogP contribution < -0.4 is 10.4 Å². The van der Waals surface area contributed by atoms with Gasteiger partial charge in [0.25, 0.3) is 0 Å². The first kappa shape index (κ1) is 20.2. The van der Waals surface area contributed by atoms with Gasteiger partial charge in [-0.05, 0) is 29.8 Å². The lowest BCUT2D eigenvalue weighted by molar-refractivity contribution is 0.297. The van der Waals surface area contributed by atoms with Crippen molar-refractivity contribution < 1.29 is 4.74 Å². The van der Waals surface area contributed by atoms with Gasteiger partial charge in [0.2, 0.25) is 5.62 Å². The van der Waals surface area contributed by atoms with Gasteiger partial charge in [0.1, 0.15) is 12.4 Å². The highest BCUT2D eigenvalue weighted by atomic mass is 79.9. The van der Waals surface area contributed by atoms with Crippen molar-refractivity contribution in [3.8, 4) is 5.75 Å². The van der Waals surface area contributed by atoms with Crippen LogP contribution in [0.15, 0.2) is 78.9 Å². The van der Waals surface area contributed by atoms with E-state index in [1.165, 1.54) is 5.56 Å². The van der Waals surface area contributed by atoms with Gasteiger partial charge in [-0.1, -0.05) is 66.2 Å². The number of hydrogen-bond donors (Lipinski definition) is 1. The Morgan fingerprint density at radius 1 is 0.786 bits per heavy atom. The Morgan fingerprint density at radius 3 is 2.11 bits per heavy atom. The molecule has 1 N–H and O–H groups in total. The van der Waals surface area contributed by atoms with Gasteiger partial charge in [0.15, 0.2) is 0 Å². The lowest BCUT2D eigenvalue weighted by Gasteiger charge is -2.09. The maximum atomic E-state index is 8.69. The monoisotopic (exact) mass is 457 g/mol. The molecule has 0 aliphatic rings. The van der Waals surface area contributed by atoms with Crippen molar-refractivity contribution in [2.24, 2.45) is 0 Å². The van der Waals surface area contributed by atoms with E-state index in [0.29, 0.717) is 36.1 Å². The van der Waals surface area contributed by atoms with Crippen LogP contribution in [0.1, 0.15) is 5.56 Å². The number of nitrogens with zero attached hydrogens (tertiary/aromatic N) is 2. The smallest absolute Gasteiger partial charge is 0.203 e. The molecule has 4 nitrogen and oxygen atoms in total. The first-order valence-electron chi connectivity index (χ1n) is 8.88. The fraction of sp³-hybridized carbons (Fsp3) is 0.136. The Labute approximate surface area is 179 Å². The molecule has 0 amide bonds. The van der Waals surface area contributed by atoms with E-state index in [2.05, 4.69) is 18.2 Å². The Bertz CT molecular complexity index is 1120. The standard InChI is InChI=1S/C22H20ClN3O.BrH/c23-18-10-4-7-13-21(18)27-15-14-25-19-11-5-6-12-20(19)26(22(25)24)16-17-8-2-1-3-9-17;/h1-13,24H,14-16H2;1H. The van der Waals surface area contributed by atoms with E-state index in [-0.39, 0.29) is 17.0 Å². The van der Waals surface area contributed by atoms with E-state index in [1.807, 2.05) is 69.8 Å². The minimum atomic E-state index is 0. The number of hydrogen-bond acceptors (Lipinski definition) is 2. The van der Waals surface area contributed by atoms with Crippen LogP contribution in [-0.4, -0.2) is 15.7 Å². The molecule has 4 aromatic rings. The molecular formula is C22H21BrClN3O. The highest BCUT2D eigenvalue weighted by Gasteiger charge is 2.11. The van der Waals surface area contributed by atoms with Crippen LogP contribution in [0.4, 0.5) is 0 Å². The van der Waals surface area contributed by atoms with E-state index in [1.54, 1.807) is 0 Å². The molecule has 0 bridgehead atoms. The summed E-state index contributed by atoms with van der Waals surface area (Å²) in [6, 6.07) is 25.8. The first-order chi connectivity index (χ1) is 13.2. The summed E-state index contributed by atoms with van der Waals surface area (Å²) in [5.74, 6) is 0.666. The van der Waals surface area contributed by atoms with Gasteiger partial charge < -0.3 is 13.9 Å². The second-order valence-electron chi connectivity index (χ2n) is 6.31. The van der Waals surface area contributed by atoms with Gasteiger partial charge in [-0.2, -0.15) is 0 Å². The van der Waals surface area contributed by atoms with Crippen molar-refractivity contribution in [1.82, 2.24) is 9.13 Å². The molecule has 0 saturated heterocycles. The van der Waals surface area contributed by atoms with Gasteiger partial charge in [0.05, 0.1) is 29.1 Å². The summed E-state index contributed by atoms with van der Waals surface area (Å²) in [5.41, 5.74) is 3.71. The third kappa shape index (κ3) is 4.16. The highest BCUT2D eigenvalue weighted by molar-refractivity contribution is 8.93. The van der Waals surface area contributed by atoms with E-state index in [9.17, 15) is 0 Å². The fourth-order valence-corrected chi connectivity index (χ4v) is 3.45. The van der Waals surface area contributed by atoms with Crippen molar-refractivity contribution in [3.63, 3.8) is 0 Å². The average molecular weight is 459 g/mol. The van der Waals surface area contributed by atoms with Crippen LogP contribution in [0.2, 0.25) is 5.02 Å².